The molecule has 0 N–H and O–H groups in total. The Morgan fingerprint density at radius 2 is 2.31 bits per heavy atom. The third kappa shape index (κ3) is 2.11. The molecule has 0 radical (unpaired) electrons. The maximum atomic E-state index is 13.3. The minimum absolute atomic E-state index is 0.262. The fourth-order valence-electron chi connectivity index (χ4n) is 1.38. The lowest BCUT2D eigenvalue weighted by Crippen LogP contribution is -2.36. The largest absolute Gasteiger partial charge is 0.463 e. The van der Waals surface area contributed by atoms with E-state index in [1.54, 1.807) is 6.92 Å². The number of hydrogen-bond donors (Lipinski definition) is 0. The van der Waals surface area contributed by atoms with Crippen LogP contribution >= 0.6 is 0 Å². The molecule has 0 aliphatic carbocycles. The average Bonchev–Trinajstić information content (AvgIpc) is 2.50. The van der Waals surface area contributed by atoms with Gasteiger partial charge in [-0.25, -0.2) is 9.37 Å². The van der Waals surface area contributed by atoms with Crippen LogP contribution < -0.4 is 4.74 Å². The highest BCUT2D eigenvalue weighted by Crippen LogP contribution is 2.29. The molecule has 6 heteroatoms. The smallest absolute Gasteiger partial charge is 0.309 e. The third-order valence-corrected chi connectivity index (χ3v) is 2.23. The van der Waals surface area contributed by atoms with Crippen molar-refractivity contribution in [2.24, 2.45) is 0 Å². The molecule has 1 aliphatic rings. The summed E-state index contributed by atoms with van der Waals surface area (Å²) in [5.74, 6) is -4.26. The van der Waals surface area contributed by atoms with Gasteiger partial charge in [0.25, 0.3) is 5.88 Å². The van der Waals surface area contributed by atoms with E-state index in [0.717, 1.165) is 0 Å². The van der Waals surface area contributed by atoms with Crippen molar-refractivity contribution in [1.29, 1.82) is 0 Å². The first kappa shape index (κ1) is 11.2. The van der Waals surface area contributed by atoms with Gasteiger partial charge in [-0.2, -0.15) is 8.78 Å². The van der Waals surface area contributed by atoms with Crippen molar-refractivity contribution in [3.8, 4) is 5.88 Å². The Bertz CT molecular complexity index is 398. The van der Waals surface area contributed by atoms with Crippen molar-refractivity contribution in [1.82, 2.24) is 4.98 Å². The summed E-state index contributed by atoms with van der Waals surface area (Å²) >= 11 is 0. The zero-order valence-electron chi connectivity index (χ0n) is 8.54. The van der Waals surface area contributed by atoms with Crippen molar-refractivity contribution in [2.45, 2.75) is 19.0 Å². The minimum atomic E-state index is -3.10. The van der Waals surface area contributed by atoms with Crippen LogP contribution in [0.4, 0.5) is 13.2 Å². The molecule has 1 unspecified atom stereocenters. The Morgan fingerprint density at radius 1 is 1.56 bits per heavy atom. The summed E-state index contributed by atoms with van der Waals surface area (Å²) in [5.41, 5.74) is 0.597. The maximum absolute atomic E-state index is 13.3. The van der Waals surface area contributed by atoms with Crippen LogP contribution in [0.15, 0.2) is 12.3 Å². The summed E-state index contributed by atoms with van der Waals surface area (Å²) in [7, 11) is 0. The highest BCUT2D eigenvalue weighted by Gasteiger charge is 2.47. The van der Waals surface area contributed by atoms with Gasteiger partial charge < -0.3 is 9.47 Å². The Labute approximate surface area is 90.2 Å². The normalized spacial score (nSPS) is 23.4. The summed E-state index contributed by atoms with van der Waals surface area (Å²) in [6.07, 6.45) is -0.121. The number of aryl methyl sites for hydroxylation is 1. The second-order valence-corrected chi connectivity index (χ2v) is 3.68. The molecule has 0 aromatic carbocycles. The number of ether oxygens (including phenoxy) is 2. The predicted octanol–water partition coefficient (Wildman–Crippen LogP) is 1.94. The predicted molar refractivity (Wildman–Crippen MR) is 49.1 cm³/mol. The molecular weight excluding hydrogens is 223 g/mol. The first-order chi connectivity index (χ1) is 7.49. The lowest BCUT2D eigenvalue weighted by atomic mass is 10.2. The van der Waals surface area contributed by atoms with Gasteiger partial charge in [0.2, 0.25) is 0 Å². The summed E-state index contributed by atoms with van der Waals surface area (Å²) in [6, 6.07) is 1.18. The van der Waals surface area contributed by atoms with Gasteiger partial charge >= 0.3 is 5.92 Å². The number of rotatable bonds is 2. The molecule has 0 spiro atoms. The van der Waals surface area contributed by atoms with Crippen LogP contribution in [0.2, 0.25) is 0 Å². The van der Waals surface area contributed by atoms with Crippen molar-refractivity contribution in [3.63, 3.8) is 0 Å². The van der Waals surface area contributed by atoms with E-state index in [-0.39, 0.29) is 6.61 Å². The molecule has 1 atom stereocenters. The third-order valence-electron chi connectivity index (χ3n) is 2.23. The summed E-state index contributed by atoms with van der Waals surface area (Å²) in [4.78, 5) is 3.62. The van der Waals surface area contributed by atoms with Crippen LogP contribution in [0, 0.1) is 12.7 Å². The molecule has 0 amide bonds. The second kappa shape index (κ2) is 3.93. The van der Waals surface area contributed by atoms with Gasteiger partial charge in [0.1, 0.15) is 6.61 Å². The molecule has 0 bridgehead atoms. The molecule has 1 fully saturated rings. The van der Waals surface area contributed by atoms with Crippen LogP contribution in [0.5, 0.6) is 5.88 Å². The lowest BCUT2D eigenvalue weighted by Gasteiger charge is -2.18. The number of alkyl halides is 2. The van der Waals surface area contributed by atoms with E-state index in [0.29, 0.717) is 5.56 Å². The van der Waals surface area contributed by atoms with Crippen LogP contribution in [0.25, 0.3) is 0 Å². The van der Waals surface area contributed by atoms with E-state index in [9.17, 15) is 13.2 Å². The number of halogens is 3. The summed E-state index contributed by atoms with van der Waals surface area (Å²) in [5, 5.41) is 0. The summed E-state index contributed by atoms with van der Waals surface area (Å²) in [6.45, 7) is 0.681. The van der Waals surface area contributed by atoms with Gasteiger partial charge in [0.05, 0.1) is 6.61 Å². The highest BCUT2D eigenvalue weighted by molar-refractivity contribution is 5.19. The fraction of sp³-hybridized carbons (Fsp3) is 0.500. The van der Waals surface area contributed by atoms with E-state index in [4.69, 9.17) is 4.74 Å². The first-order valence-corrected chi connectivity index (χ1v) is 4.73. The van der Waals surface area contributed by atoms with E-state index in [1.807, 2.05) is 0 Å². The summed E-state index contributed by atoms with van der Waals surface area (Å²) < 4.78 is 48.9. The van der Waals surface area contributed by atoms with E-state index >= 15 is 0 Å². The van der Waals surface area contributed by atoms with Gasteiger partial charge in [-0.05, 0) is 18.6 Å². The number of aromatic nitrogens is 1. The van der Waals surface area contributed by atoms with Crippen LogP contribution in [-0.4, -0.2) is 30.2 Å². The number of nitrogens with zero attached hydrogens (tertiary/aromatic N) is 1. The van der Waals surface area contributed by atoms with Crippen molar-refractivity contribution in [2.75, 3.05) is 13.2 Å². The molecular formula is C10H10F3NO2. The Morgan fingerprint density at radius 3 is 2.88 bits per heavy atom. The fourth-order valence-corrected chi connectivity index (χ4v) is 1.38. The Balaban J connectivity index is 2.15. The zero-order chi connectivity index (χ0) is 11.8. The van der Waals surface area contributed by atoms with Gasteiger partial charge in [-0.15, -0.1) is 0 Å². The second-order valence-electron chi connectivity index (χ2n) is 3.68. The molecule has 1 saturated heterocycles. The highest BCUT2D eigenvalue weighted by atomic mass is 19.3. The van der Waals surface area contributed by atoms with Crippen molar-refractivity contribution in [3.05, 3.63) is 23.6 Å². The van der Waals surface area contributed by atoms with Crippen molar-refractivity contribution < 1.29 is 22.6 Å². The Kier molecular flexibility index (Phi) is 2.75. The Hall–Kier alpha value is -1.30. The molecule has 3 nitrogen and oxygen atoms in total. The molecule has 16 heavy (non-hydrogen) atoms. The van der Waals surface area contributed by atoms with Crippen LogP contribution in [0.3, 0.4) is 0 Å². The van der Waals surface area contributed by atoms with Crippen molar-refractivity contribution >= 4 is 0 Å². The first-order valence-electron chi connectivity index (χ1n) is 4.73. The van der Waals surface area contributed by atoms with Crippen LogP contribution in [-0.2, 0) is 4.74 Å². The van der Waals surface area contributed by atoms with Gasteiger partial charge in [-0.3, -0.25) is 0 Å². The zero-order valence-corrected chi connectivity index (χ0v) is 8.54. The topological polar surface area (TPSA) is 31.4 Å². The maximum Gasteiger partial charge on any atom is 0.309 e. The van der Waals surface area contributed by atoms with E-state index in [1.165, 1.54) is 12.3 Å². The minimum Gasteiger partial charge on any atom is -0.463 e. The van der Waals surface area contributed by atoms with Crippen LogP contribution in [0.1, 0.15) is 5.56 Å². The number of pyridine rings is 1. The molecule has 1 aliphatic heterocycles. The van der Waals surface area contributed by atoms with Gasteiger partial charge in [0, 0.05) is 6.20 Å². The average molecular weight is 233 g/mol. The quantitative estimate of drug-likeness (QED) is 0.782. The monoisotopic (exact) mass is 233 g/mol. The molecule has 2 heterocycles. The molecule has 1 aromatic rings. The van der Waals surface area contributed by atoms with E-state index < -0.39 is 30.3 Å². The molecule has 1 aromatic heterocycles. The SMILES string of the molecule is Cc1cnc(OC2COCC2(F)F)c(F)c1. The standard InChI is InChI=1S/C10H10F3NO2/c1-6-2-7(11)9(14-3-6)16-8-4-15-5-10(8,12)13/h2-3,8H,4-5H2,1H3. The van der Waals surface area contributed by atoms with E-state index in [2.05, 4.69) is 9.72 Å². The molecule has 2 rings (SSSR count). The van der Waals surface area contributed by atoms with Gasteiger partial charge in [-0.1, -0.05) is 0 Å². The lowest BCUT2D eigenvalue weighted by molar-refractivity contribution is -0.0680. The molecule has 88 valence electrons. The molecule has 0 saturated carbocycles. The number of hydrogen-bond acceptors (Lipinski definition) is 3. The van der Waals surface area contributed by atoms with Gasteiger partial charge in [0.15, 0.2) is 11.9 Å².